The van der Waals surface area contributed by atoms with E-state index in [0.717, 1.165) is 5.92 Å². The van der Waals surface area contributed by atoms with Crippen molar-refractivity contribution in [1.82, 2.24) is 5.43 Å². The van der Waals surface area contributed by atoms with Crippen molar-refractivity contribution >= 4 is 0 Å². The van der Waals surface area contributed by atoms with Gasteiger partial charge in [-0.3, -0.25) is 11.3 Å². The van der Waals surface area contributed by atoms with E-state index < -0.39 is 0 Å². The third-order valence-electron chi connectivity index (χ3n) is 3.79. The van der Waals surface area contributed by atoms with Gasteiger partial charge in [-0.25, -0.2) is 0 Å². The minimum Gasteiger partial charge on any atom is -0.271 e. The normalized spacial score (nSPS) is 20.4. The van der Waals surface area contributed by atoms with Crippen LogP contribution in [0.15, 0.2) is 0 Å². The Morgan fingerprint density at radius 1 is 1.20 bits per heavy atom. The Morgan fingerprint density at radius 2 is 1.93 bits per heavy atom. The minimum absolute atomic E-state index is 0.562. The van der Waals surface area contributed by atoms with Crippen LogP contribution in [0.25, 0.3) is 0 Å². The van der Waals surface area contributed by atoms with E-state index in [0.29, 0.717) is 6.04 Å². The molecule has 0 bridgehead atoms. The van der Waals surface area contributed by atoms with Gasteiger partial charge < -0.3 is 0 Å². The van der Waals surface area contributed by atoms with Gasteiger partial charge >= 0.3 is 0 Å². The summed E-state index contributed by atoms with van der Waals surface area (Å²) < 4.78 is 0. The fraction of sp³-hybridized carbons (Fsp3) is 1.00. The van der Waals surface area contributed by atoms with Crippen LogP contribution in [0.4, 0.5) is 0 Å². The van der Waals surface area contributed by atoms with Crippen LogP contribution in [-0.4, -0.2) is 6.04 Å². The zero-order valence-electron chi connectivity index (χ0n) is 10.3. The van der Waals surface area contributed by atoms with Crippen LogP contribution in [0.1, 0.15) is 71.1 Å². The smallest absolute Gasteiger partial charge is 0.0210 e. The van der Waals surface area contributed by atoms with Gasteiger partial charge in [0.15, 0.2) is 0 Å². The van der Waals surface area contributed by atoms with Gasteiger partial charge in [0.05, 0.1) is 0 Å². The molecule has 0 aromatic rings. The zero-order valence-corrected chi connectivity index (χ0v) is 10.3. The summed E-state index contributed by atoms with van der Waals surface area (Å²) in [6.07, 6.45) is 13.8. The molecule has 1 saturated carbocycles. The second-order valence-electron chi connectivity index (χ2n) is 5.09. The summed E-state index contributed by atoms with van der Waals surface area (Å²) in [6.45, 7) is 2.24. The van der Waals surface area contributed by atoms with Gasteiger partial charge in [0.1, 0.15) is 0 Å². The van der Waals surface area contributed by atoms with E-state index in [2.05, 4.69) is 12.3 Å². The zero-order chi connectivity index (χ0) is 10.9. The highest BCUT2D eigenvalue weighted by atomic mass is 15.2. The summed E-state index contributed by atoms with van der Waals surface area (Å²) in [6, 6.07) is 0.562. The Kier molecular flexibility index (Phi) is 7.03. The first-order valence-electron chi connectivity index (χ1n) is 6.83. The molecule has 2 heteroatoms. The molecule has 0 radical (unpaired) electrons. The molecule has 1 atom stereocenters. The van der Waals surface area contributed by atoms with E-state index in [-0.39, 0.29) is 0 Å². The van der Waals surface area contributed by atoms with E-state index in [1.54, 1.807) is 0 Å². The molecule has 1 unspecified atom stereocenters. The molecule has 1 aliphatic rings. The lowest BCUT2D eigenvalue weighted by Gasteiger charge is -2.24. The largest absolute Gasteiger partial charge is 0.271 e. The molecular formula is C13H28N2. The Balaban J connectivity index is 2.09. The molecule has 0 amide bonds. The van der Waals surface area contributed by atoms with Crippen molar-refractivity contribution in [2.75, 3.05) is 0 Å². The summed E-state index contributed by atoms with van der Waals surface area (Å²) in [4.78, 5) is 0. The van der Waals surface area contributed by atoms with E-state index in [4.69, 9.17) is 5.84 Å². The van der Waals surface area contributed by atoms with Crippen molar-refractivity contribution in [2.24, 2.45) is 11.8 Å². The molecule has 0 saturated heterocycles. The van der Waals surface area contributed by atoms with Crippen molar-refractivity contribution in [3.05, 3.63) is 0 Å². The number of nitrogens with one attached hydrogen (secondary N) is 1. The molecule has 1 rings (SSSR count). The van der Waals surface area contributed by atoms with Gasteiger partial charge in [0, 0.05) is 6.04 Å². The lowest BCUT2D eigenvalue weighted by molar-refractivity contribution is 0.308. The fourth-order valence-electron chi connectivity index (χ4n) is 2.67. The van der Waals surface area contributed by atoms with Crippen molar-refractivity contribution in [2.45, 2.75) is 77.2 Å². The van der Waals surface area contributed by atoms with Crippen LogP contribution in [0.3, 0.4) is 0 Å². The topological polar surface area (TPSA) is 38.0 Å². The second kappa shape index (κ2) is 8.12. The van der Waals surface area contributed by atoms with Crippen LogP contribution in [0, 0.1) is 5.92 Å². The number of rotatable bonds is 7. The van der Waals surface area contributed by atoms with Gasteiger partial charge in [-0.15, -0.1) is 0 Å². The molecule has 3 N–H and O–H groups in total. The predicted octanol–water partition coefficient (Wildman–Crippen LogP) is 3.37. The molecular weight excluding hydrogens is 184 g/mol. The molecule has 0 spiro atoms. The summed E-state index contributed by atoms with van der Waals surface area (Å²) in [7, 11) is 0. The molecule has 15 heavy (non-hydrogen) atoms. The maximum absolute atomic E-state index is 5.58. The summed E-state index contributed by atoms with van der Waals surface area (Å²) in [5.74, 6) is 6.58. The average Bonchev–Trinajstić information content (AvgIpc) is 2.31. The summed E-state index contributed by atoms with van der Waals surface area (Å²) >= 11 is 0. The van der Waals surface area contributed by atoms with Gasteiger partial charge in [-0.2, -0.15) is 0 Å². The van der Waals surface area contributed by atoms with Crippen LogP contribution in [0.2, 0.25) is 0 Å². The van der Waals surface area contributed by atoms with E-state index in [1.165, 1.54) is 64.2 Å². The first-order chi connectivity index (χ1) is 7.36. The van der Waals surface area contributed by atoms with Crippen molar-refractivity contribution < 1.29 is 0 Å². The maximum Gasteiger partial charge on any atom is 0.0210 e. The molecule has 90 valence electrons. The first kappa shape index (κ1) is 13.0. The number of hydrazine groups is 1. The molecule has 0 heterocycles. The highest BCUT2D eigenvalue weighted by Gasteiger charge is 2.15. The number of nitrogens with two attached hydrogens (primary N) is 1. The predicted molar refractivity (Wildman–Crippen MR) is 66.4 cm³/mol. The van der Waals surface area contributed by atoms with Gasteiger partial charge in [-0.05, 0) is 25.2 Å². The molecule has 1 aliphatic carbocycles. The highest BCUT2D eigenvalue weighted by molar-refractivity contribution is 4.70. The molecule has 0 aliphatic heterocycles. The summed E-state index contributed by atoms with van der Waals surface area (Å²) in [5.41, 5.74) is 2.98. The maximum atomic E-state index is 5.58. The van der Waals surface area contributed by atoms with E-state index >= 15 is 0 Å². The minimum atomic E-state index is 0.562. The fourth-order valence-corrected chi connectivity index (χ4v) is 2.67. The monoisotopic (exact) mass is 212 g/mol. The molecule has 1 fully saturated rings. The lowest BCUT2D eigenvalue weighted by Crippen LogP contribution is -2.35. The van der Waals surface area contributed by atoms with Crippen LogP contribution in [0.5, 0.6) is 0 Å². The van der Waals surface area contributed by atoms with Crippen molar-refractivity contribution in [1.29, 1.82) is 0 Å². The second-order valence-corrected chi connectivity index (χ2v) is 5.09. The van der Waals surface area contributed by atoms with Crippen molar-refractivity contribution in [3.8, 4) is 0 Å². The lowest BCUT2D eigenvalue weighted by atomic mass is 9.85. The van der Waals surface area contributed by atoms with Gasteiger partial charge in [0.25, 0.3) is 0 Å². The van der Waals surface area contributed by atoms with E-state index in [1.807, 2.05) is 0 Å². The van der Waals surface area contributed by atoms with Gasteiger partial charge in [0.2, 0.25) is 0 Å². The Morgan fingerprint density at radius 3 is 2.53 bits per heavy atom. The quantitative estimate of drug-likeness (QED) is 0.501. The van der Waals surface area contributed by atoms with Crippen LogP contribution in [-0.2, 0) is 0 Å². The first-order valence-corrected chi connectivity index (χ1v) is 6.83. The Bertz CT molecular complexity index is 141. The van der Waals surface area contributed by atoms with E-state index in [9.17, 15) is 0 Å². The third kappa shape index (κ3) is 5.53. The standard InChI is InChI=1S/C13H28N2/c1-2-3-9-13(15-14)11-10-12-7-5-4-6-8-12/h12-13,15H,2-11,14H2,1H3. The highest BCUT2D eigenvalue weighted by Crippen LogP contribution is 2.28. The number of hydrogen-bond donors (Lipinski definition) is 2. The Hall–Kier alpha value is -0.0800. The van der Waals surface area contributed by atoms with Crippen LogP contribution >= 0.6 is 0 Å². The third-order valence-corrected chi connectivity index (χ3v) is 3.79. The SMILES string of the molecule is CCCCC(CCC1CCCCC1)NN. The molecule has 0 aromatic heterocycles. The average molecular weight is 212 g/mol. The Labute approximate surface area is 95.0 Å². The van der Waals surface area contributed by atoms with Crippen LogP contribution < -0.4 is 11.3 Å². The molecule has 2 nitrogen and oxygen atoms in total. The summed E-state index contributed by atoms with van der Waals surface area (Å²) in [5, 5.41) is 0. The van der Waals surface area contributed by atoms with Crippen molar-refractivity contribution in [3.63, 3.8) is 0 Å². The number of hydrogen-bond acceptors (Lipinski definition) is 2. The van der Waals surface area contributed by atoms with Gasteiger partial charge in [-0.1, -0.05) is 51.9 Å². The number of unbranched alkanes of at least 4 members (excludes halogenated alkanes) is 1. The molecule has 0 aromatic carbocycles.